The molecule has 7 heteroatoms. The fourth-order valence-electron chi connectivity index (χ4n) is 1.42. The maximum absolute atomic E-state index is 11.0. The van der Waals surface area contributed by atoms with E-state index in [0.717, 1.165) is 11.8 Å². The molecule has 0 radical (unpaired) electrons. The van der Waals surface area contributed by atoms with Crippen LogP contribution in [0.2, 0.25) is 0 Å². The third-order valence-corrected chi connectivity index (χ3v) is 3.31. The molecule has 0 saturated heterocycles. The zero-order chi connectivity index (χ0) is 13.8. The van der Waals surface area contributed by atoms with Crippen molar-refractivity contribution in [1.82, 2.24) is 4.98 Å². The van der Waals surface area contributed by atoms with E-state index in [-0.39, 0.29) is 11.3 Å². The Morgan fingerprint density at radius 1 is 1.32 bits per heavy atom. The van der Waals surface area contributed by atoms with E-state index < -0.39 is 10.8 Å². The van der Waals surface area contributed by atoms with Gasteiger partial charge in [-0.05, 0) is 24.3 Å². The topological polar surface area (TPSA) is 99.1 Å². The Balaban J connectivity index is 2.40. The maximum atomic E-state index is 11.0. The molecule has 1 aromatic carbocycles. The molecule has 96 valence electrons. The molecule has 1 aromatic heterocycles. The molecule has 0 unspecified atom stereocenters. The number of pyridine rings is 1. The minimum absolute atomic E-state index is 0.108. The highest BCUT2D eigenvalue weighted by Gasteiger charge is 2.17. The fourth-order valence-corrected chi connectivity index (χ4v) is 2.28. The lowest BCUT2D eigenvalue weighted by Crippen LogP contribution is -2.11. The number of nitrogens with zero attached hydrogens (tertiary/aromatic N) is 2. The number of carbonyl (C=O) groups is 1. The van der Waals surface area contributed by atoms with Gasteiger partial charge in [-0.3, -0.25) is 14.9 Å². The van der Waals surface area contributed by atoms with Crippen LogP contribution in [0.5, 0.6) is 0 Å². The van der Waals surface area contributed by atoms with Gasteiger partial charge in [0.1, 0.15) is 5.03 Å². The van der Waals surface area contributed by atoms with E-state index in [2.05, 4.69) is 4.98 Å². The lowest BCUT2D eigenvalue weighted by molar-refractivity contribution is -0.387. The molecule has 0 aliphatic heterocycles. The molecule has 2 aromatic rings. The third-order valence-electron chi connectivity index (χ3n) is 2.29. The molecule has 6 nitrogen and oxygen atoms in total. The van der Waals surface area contributed by atoms with Crippen molar-refractivity contribution in [3.8, 4) is 0 Å². The molecule has 2 rings (SSSR count). The number of hydrogen-bond acceptors (Lipinski definition) is 5. The summed E-state index contributed by atoms with van der Waals surface area (Å²) in [4.78, 5) is 26.0. The molecule has 0 aliphatic rings. The van der Waals surface area contributed by atoms with Crippen LogP contribution in [0.15, 0.2) is 52.5 Å². The summed E-state index contributed by atoms with van der Waals surface area (Å²) in [7, 11) is 0. The molecule has 0 saturated carbocycles. The van der Waals surface area contributed by atoms with Crippen LogP contribution >= 0.6 is 11.8 Å². The highest BCUT2D eigenvalue weighted by atomic mass is 32.2. The van der Waals surface area contributed by atoms with Crippen LogP contribution in [-0.4, -0.2) is 15.8 Å². The Morgan fingerprint density at radius 3 is 2.68 bits per heavy atom. The summed E-state index contributed by atoms with van der Waals surface area (Å²) in [5.74, 6) is -0.697. The van der Waals surface area contributed by atoms with Crippen LogP contribution < -0.4 is 5.73 Å². The third kappa shape index (κ3) is 3.08. The van der Waals surface area contributed by atoms with Crippen molar-refractivity contribution in [3.05, 3.63) is 58.3 Å². The Kier molecular flexibility index (Phi) is 3.76. The van der Waals surface area contributed by atoms with E-state index in [9.17, 15) is 14.9 Å². The Hall–Kier alpha value is -2.41. The van der Waals surface area contributed by atoms with Gasteiger partial charge in [0.05, 0.1) is 9.82 Å². The average molecular weight is 275 g/mol. The summed E-state index contributed by atoms with van der Waals surface area (Å²) < 4.78 is 0. The van der Waals surface area contributed by atoms with Gasteiger partial charge in [0, 0.05) is 17.8 Å². The van der Waals surface area contributed by atoms with Crippen LogP contribution in [0.3, 0.4) is 0 Å². The number of hydrogen-bond donors (Lipinski definition) is 1. The highest BCUT2D eigenvalue weighted by molar-refractivity contribution is 7.99. The van der Waals surface area contributed by atoms with Crippen LogP contribution in [0, 0.1) is 10.1 Å². The average Bonchev–Trinajstić information content (AvgIpc) is 2.39. The Bertz CT molecular complexity index is 631. The first-order chi connectivity index (χ1) is 9.08. The van der Waals surface area contributed by atoms with Crippen molar-refractivity contribution < 1.29 is 9.72 Å². The molecule has 0 fully saturated rings. The quantitative estimate of drug-likeness (QED) is 0.681. The maximum Gasteiger partial charge on any atom is 0.284 e. The summed E-state index contributed by atoms with van der Waals surface area (Å²) >= 11 is 1.16. The van der Waals surface area contributed by atoms with Crippen molar-refractivity contribution in [2.75, 3.05) is 0 Å². The molecule has 1 heterocycles. The van der Waals surface area contributed by atoms with Crippen molar-refractivity contribution in [2.45, 2.75) is 9.92 Å². The van der Waals surface area contributed by atoms with Gasteiger partial charge in [0.2, 0.25) is 5.91 Å². The summed E-state index contributed by atoms with van der Waals surface area (Å²) in [5.41, 5.74) is 5.05. The van der Waals surface area contributed by atoms with E-state index in [1.54, 1.807) is 24.4 Å². The molecule has 0 atom stereocenters. The lowest BCUT2D eigenvalue weighted by Gasteiger charge is -2.03. The normalized spacial score (nSPS) is 10.1. The van der Waals surface area contributed by atoms with E-state index in [0.29, 0.717) is 9.92 Å². The van der Waals surface area contributed by atoms with Crippen LogP contribution in [-0.2, 0) is 0 Å². The van der Waals surface area contributed by atoms with Crippen molar-refractivity contribution >= 4 is 23.4 Å². The van der Waals surface area contributed by atoms with Gasteiger partial charge >= 0.3 is 0 Å². The summed E-state index contributed by atoms with van der Waals surface area (Å²) in [6.07, 6.45) is 1.60. The van der Waals surface area contributed by atoms with E-state index in [1.807, 2.05) is 0 Å². The van der Waals surface area contributed by atoms with Gasteiger partial charge < -0.3 is 5.73 Å². The summed E-state index contributed by atoms with van der Waals surface area (Å²) in [6.45, 7) is 0. The zero-order valence-corrected chi connectivity index (χ0v) is 10.5. The minimum atomic E-state index is -0.697. The second-order valence-electron chi connectivity index (χ2n) is 3.57. The molecule has 0 bridgehead atoms. The first-order valence-corrected chi connectivity index (χ1v) is 6.06. The Morgan fingerprint density at radius 2 is 2.11 bits per heavy atom. The summed E-state index contributed by atoms with van der Waals surface area (Å²) in [6, 6.07) is 9.43. The number of rotatable bonds is 4. The fraction of sp³-hybridized carbons (Fsp3) is 0. The highest BCUT2D eigenvalue weighted by Crippen LogP contribution is 2.34. The number of amides is 1. The molecular formula is C12H9N3O3S. The Labute approximate surface area is 112 Å². The number of aromatic nitrogens is 1. The standard InChI is InChI=1S/C12H9N3O3S/c13-12(16)8-4-5-10(9(7-8)15(17)18)19-11-3-1-2-6-14-11/h1-7H,(H2,13,16). The van der Waals surface area contributed by atoms with E-state index >= 15 is 0 Å². The van der Waals surface area contributed by atoms with Gasteiger partial charge in [-0.15, -0.1) is 0 Å². The van der Waals surface area contributed by atoms with Gasteiger partial charge in [0.15, 0.2) is 0 Å². The lowest BCUT2D eigenvalue weighted by atomic mass is 10.2. The molecule has 19 heavy (non-hydrogen) atoms. The van der Waals surface area contributed by atoms with Gasteiger partial charge in [-0.25, -0.2) is 4.98 Å². The number of benzene rings is 1. The van der Waals surface area contributed by atoms with Crippen LogP contribution in [0.1, 0.15) is 10.4 Å². The molecule has 2 N–H and O–H groups in total. The second-order valence-corrected chi connectivity index (χ2v) is 4.64. The molecule has 0 aliphatic carbocycles. The first kappa shape index (κ1) is 13.0. The number of nitrogens with two attached hydrogens (primary N) is 1. The number of carbonyl (C=O) groups excluding carboxylic acids is 1. The predicted octanol–water partition coefficient (Wildman–Crippen LogP) is 2.24. The summed E-state index contributed by atoms with van der Waals surface area (Å²) in [5, 5.41) is 11.6. The van der Waals surface area contributed by atoms with Crippen molar-refractivity contribution in [1.29, 1.82) is 0 Å². The number of primary amides is 1. The predicted molar refractivity (Wildman–Crippen MR) is 70.0 cm³/mol. The number of nitro groups is 1. The van der Waals surface area contributed by atoms with Crippen LogP contribution in [0.4, 0.5) is 5.69 Å². The van der Waals surface area contributed by atoms with Crippen molar-refractivity contribution in [2.24, 2.45) is 5.73 Å². The largest absolute Gasteiger partial charge is 0.366 e. The van der Waals surface area contributed by atoms with Crippen molar-refractivity contribution in [3.63, 3.8) is 0 Å². The van der Waals surface area contributed by atoms with Gasteiger partial charge in [-0.2, -0.15) is 0 Å². The molecule has 0 spiro atoms. The zero-order valence-electron chi connectivity index (χ0n) is 9.65. The van der Waals surface area contributed by atoms with Gasteiger partial charge in [0.25, 0.3) is 5.69 Å². The smallest absolute Gasteiger partial charge is 0.284 e. The SMILES string of the molecule is NC(=O)c1ccc(Sc2ccccn2)c([N+](=O)[O-])c1. The van der Waals surface area contributed by atoms with E-state index in [4.69, 9.17) is 5.73 Å². The number of nitro benzene ring substituents is 1. The molecule has 1 amide bonds. The monoisotopic (exact) mass is 275 g/mol. The first-order valence-electron chi connectivity index (χ1n) is 5.25. The van der Waals surface area contributed by atoms with Crippen LogP contribution in [0.25, 0.3) is 0 Å². The second kappa shape index (κ2) is 5.49. The molecular weight excluding hydrogens is 266 g/mol. The van der Waals surface area contributed by atoms with E-state index in [1.165, 1.54) is 18.2 Å². The minimum Gasteiger partial charge on any atom is -0.366 e. The van der Waals surface area contributed by atoms with Gasteiger partial charge in [-0.1, -0.05) is 17.8 Å².